The van der Waals surface area contributed by atoms with Gasteiger partial charge in [-0.25, -0.2) is 0 Å². The second-order valence-electron chi connectivity index (χ2n) is 4.88. The minimum Gasteiger partial charge on any atom is -0.308 e. The lowest BCUT2D eigenvalue weighted by Crippen LogP contribution is -2.27. The van der Waals surface area contributed by atoms with E-state index in [1.165, 1.54) is 32.1 Å². The Kier molecular flexibility index (Phi) is 4.29. The van der Waals surface area contributed by atoms with Crippen LogP contribution in [0.1, 0.15) is 49.0 Å². The molecule has 4 heteroatoms. The molecule has 0 saturated heterocycles. The third kappa shape index (κ3) is 3.52. The zero-order chi connectivity index (χ0) is 11.4. The average Bonchev–Trinajstić information content (AvgIpc) is 2.87. The molecule has 1 aliphatic carbocycles. The van der Waals surface area contributed by atoms with Crippen LogP contribution in [0.3, 0.4) is 0 Å². The summed E-state index contributed by atoms with van der Waals surface area (Å²) in [6.07, 6.45) is 7.06. The maximum atomic E-state index is 4.13. The number of aryl methyl sites for hydroxylation is 1. The summed E-state index contributed by atoms with van der Waals surface area (Å²) < 4.78 is 0. The minimum absolute atomic E-state index is 0.604. The molecule has 1 heterocycles. The summed E-state index contributed by atoms with van der Waals surface area (Å²) in [5.41, 5.74) is 0. The molecule has 1 aliphatic rings. The predicted molar refractivity (Wildman–Crippen MR) is 67.5 cm³/mol. The zero-order valence-corrected chi connectivity index (χ0v) is 11.0. The van der Waals surface area contributed by atoms with Gasteiger partial charge in [0.2, 0.25) is 0 Å². The van der Waals surface area contributed by atoms with Crippen LogP contribution >= 0.6 is 11.3 Å². The van der Waals surface area contributed by atoms with Gasteiger partial charge in [-0.3, -0.25) is 0 Å². The van der Waals surface area contributed by atoms with E-state index >= 15 is 0 Å². The van der Waals surface area contributed by atoms with E-state index in [0.717, 1.165) is 22.5 Å². The van der Waals surface area contributed by atoms with Crippen molar-refractivity contribution in [3.63, 3.8) is 0 Å². The third-order valence-electron chi connectivity index (χ3n) is 3.33. The Morgan fingerprint density at radius 1 is 1.38 bits per heavy atom. The van der Waals surface area contributed by atoms with E-state index in [0.29, 0.717) is 6.04 Å². The largest absolute Gasteiger partial charge is 0.308 e. The van der Waals surface area contributed by atoms with Gasteiger partial charge in [0.1, 0.15) is 10.0 Å². The Morgan fingerprint density at radius 3 is 2.75 bits per heavy atom. The van der Waals surface area contributed by atoms with Crippen LogP contribution in [0.2, 0.25) is 0 Å². The molecule has 0 bridgehead atoms. The summed E-state index contributed by atoms with van der Waals surface area (Å²) in [4.78, 5) is 0. The average molecular weight is 239 g/mol. The van der Waals surface area contributed by atoms with Crippen LogP contribution in [-0.2, 0) is 6.54 Å². The standard InChI is InChI=1S/C12H21N3S/c1-9(7-11-5-3-4-6-11)13-8-12-15-14-10(2)16-12/h9,11,13H,3-8H2,1-2H3. The van der Waals surface area contributed by atoms with Gasteiger partial charge < -0.3 is 5.32 Å². The lowest BCUT2D eigenvalue weighted by atomic mass is 9.99. The molecule has 0 aliphatic heterocycles. The zero-order valence-electron chi connectivity index (χ0n) is 10.2. The molecule has 0 radical (unpaired) electrons. The quantitative estimate of drug-likeness (QED) is 0.858. The number of hydrogen-bond acceptors (Lipinski definition) is 4. The number of aromatic nitrogens is 2. The van der Waals surface area contributed by atoms with Crippen molar-refractivity contribution in [2.45, 2.75) is 58.5 Å². The smallest absolute Gasteiger partial charge is 0.131 e. The topological polar surface area (TPSA) is 37.8 Å². The Balaban J connectivity index is 1.68. The van der Waals surface area contributed by atoms with Gasteiger partial charge in [-0.2, -0.15) is 0 Å². The molecule has 1 aromatic rings. The lowest BCUT2D eigenvalue weighted by Gasteiger charge is -2.16. The molecule has 0 amide bonds. The highest BCUT2D eigenvalue weighted by Crippen LogP contribution is 2.28. The first-order valence-corrected chi connectivity index (χ1v) is 7.08. The Hall–Kier alpha value is -0.480. The second-order valence-corrected chi connectivity index (χ2v) is 6.15. The third-order valence-corrected chi connectivity index (χ3v) is 4.17. The van der Waals surface area contributed by atoms with Crippen molar-refractivity contribution in [2.75, 3.05) is 0 Å². The molecule has 2 rings (SSSR count). The fraction of sp³-hybridized carbons (Fsp3) is 0.833. The van der Waals surface area contributed by atoms with Crippen LogP contribution in [0.25, 0.3) is 0 Å². The van der Waals surface area contributed by atoms with E-state index < -0.39 is 0 Å². The van der Waals surface area contributed by atoms with E-state index in [2.05, 4.69) is 22.4 Å². The van der Waals surface area contributed by atoms with Crippen LogP contribution in [0.4, 0.5) is 0 Å². The molecule has 0 aromatic carbocycles. The molecule has 0 spiro atoms. The molecule has 1 N–H and O–H groups in total. The van der Waals surface area contributed by atoms with Gasteiger partial charge in [0, 0.05) is 12.6 Å². The molecule has 16 heavy (non-hydrogen) atoms. The first-order chi connectivity index (χ1) is 7.74. The lowest BCUT2D eigenvalue weighted by molar-refractivity contribution is 0.404. The summed E-state index contributed by atoms with van der Waals surface area (Å²) in [6, 6.07) is 0.604. The highest BCUT2D eigenvalue weighted by atomic mass is 32.1. The number of nitrogens with zero attached hydrogens (tertiary/aromatic N) is 2. The van der Waals surface area contributed by atoms with Gasteiger partial charge in [-0.15, -0.1) is 21.5 Å². The Morgan fingerprint density at radius 2 is 2.12 bits per heavy atom. The second kappa shape index (κ2) is 5.73. The van der Waals surface area contributed by atoms with E-state index in [1.54, 1.807) is 11.3 Å². The van der Waals surface area contributed by atoms with Crippen LogP contribution in [0, 0.1) is 12.8 Å². The van der Waals surface area contributed by atoms with Gasteiger partial charge in [0.05, 0.1) is 0 Å². The van der Waals surface area contributed by atoms with Crippen molar-refractivity contribution >= 4 is 11.3 Å². The molecule has 90 valence electrons. The van der Waals surface area contributed by atoms with Crippen molar-refractivity contribution in [3.05, 3.63) is 10.0 Å². The van der Waals surface area contributed by atoms with Gasteiger partial charge in [0.15, 0.2) is 0 Å². The molecule has 1 atom stereocenters. The van der Waals surface area contributed by atoms with Crippen molar-refractivity contribution in [3.8, 4) is 0 Å². The Labute approximate surface area is 102 Å². The minimum atomic E-state index is 0.604. The summed E-state index contributed by atoms with van der Waals surface area (Å²) >= 11 is 1.69. The number of rotatable bonds is 5. The normalized spacial score (nSPS) is 19.1. The van der Waals surface area contributed by atoms with Crippen molar-refractivity contribution in [1.29, 1.82) is 0 Å². The van der Waals surface area contributed by atoms with Crippen molar-refractivity contribution in [2.24, 2.45) is 5.92 Å². The molecular weight excluding hydrogens is 218 g/mol. The predicted octanol–water partition coefficient (Wildman–Crippen LogP) is 2.90. The van der Waals surface area contributed by atoms with Crippen LogP contribution in [0.5, 0.6) is 0 Å². The van der Waals surface area contributed by atoms with Crippen LogP contribution in [0.15, 0.2) is 0 Å². The summed E-state index contributed by atoms with van der Waals surface area (Å²) in [5, 5.41) is 13.9. The highest BCUT2D eigenvalue weighted by Gasteiger charge is 2.17. The first-order valence-electron chi connectivity index (χ1n) is 6.26. The van der Waals surface area contributed by atoms with Crippen molar-refractivity contribution in [1.82, 2.24) is 15.5 Å². The van der Waals surface area contributed by atoms with Gasteiger partial charge in [0.25, 0.3) is 0 Å². The Bertz CT molecular complexity index is 318. The molecule has 1 saturated carbocycles. The highest BCUT2D eigenvalue weighted by molar-refractivity contribution is 7.11. The summed E-state index contributed by atoms with van der Waals surface area (Å²) in [6.45, 7) is 5.16. The molecule has 1 fully saturated rings. The number of nitrogens with one attached hydrogen (secondary N) is 1. The molecule has 1 unspecified atom stereocenters. The van der Waals surface area contributed by atoms with Gasteiger partial charge >= 0.3 is 0 Å². The molecular formula is C12H21N3S. The first kappa shape index (κ1) is 12.0. The fourth-order valence-electron chi connectivity index (χ4n) is 2.50. The van der Waals surface area contributed by atoms with Crippen LogP contribution in [-0.4, -0.2) is 16.2 Å². The molecule has 3 nitrogen and oxygen atoms in total. The fourth-order valence-corrected chi connectivity index (χ4v) is 3.16. The monoisotopic (exact) mass is 239 g/mol. The van der Waals surface area contributed by atoms with E-state index in [-0.39, 0.29) is 0 Å². The van der Waals surface area contributed by atoms with E-state index in [9.17, 15) is 0 Å². The van der Waals surface area contributed by atoms with Crippen molar-refractivity contribution < 1.29 is 0 Å². The SMILES string of the molecule is Cc1nnc(CNC(C)CC2CCCC2)s1. The summed E-state index contributed by atoms with van der Waals surface area (Å²) in [7, 11) is 0. The maximum Gasteiger partial charge on any atom is 0.131 e. The van der Waals surface area contributed by atoms with Gasteiger partial charge in [-0.1, -0.05) is 25.7 Å². The molecule has 1 aromatic heterocycles. The van der Waals surface area contributed by atoms with Gasteiger partial charge in [-0.05, 0) is 26.2 Å². The number of hydrogen-bond donors (Lipinski definition) is 1. The van der Waals surface area contributed by atoms with Crippen LogP contribution < -0.4 is 5.32 Å². The maximum absolute atomic E-state index is 4.13. The summed E-state index contributed by atoms with van der Waals surface area (Å²) in [5.74, 6) is 0.957. The van der Waals surface area contributed by atoms with E-state index in [1.807, 2.05) is 6.92 Å². The van der Waals surface area contributed by atoms with E-state index in [4.69, 9.17) is 0 Å².